The Balaban J connectivity index is 1.65. The maximum absolute atomic E-state index is 14.6. The molecule has 0 saturated carbocycles. The minimum atomic E-state index is -4.76. The fourth-order valence-electron chi connectivity index (χ4n) is 3.98. The van der Waals surface area contributed by atoms with Gasteiger partial charge in [0.25, 0.3) is 5.91 Å². The summed E-state index contributed by atoms with van der Waals surface area (Å²) in [7, 11) is 1.25. The Hall–Kier alpha value is -4.17. The van der Waals surface area contributed by atoms with Crippen molar-refractivity contribution in [1.82, 2.24) is 29.8 Å². The molecule has 2 amide bonds. The molecule has 0 aliphatic carbocycles. The minimum absolute atomic E-state index is 0.0605. The molecule has 0 radical (unpaired) electrons. The van der Waals surface area contributed by atoms with Crippen LogP contribution in [-0.4, -0.2) is 75.5 Å². The molecular weight excluding hydrogens is 502 g/mol. The van der Waals surface area contributed by atoms with Gasteiger partial charge in [0.2, 0.25) is 5.88 Å². The third kappa shape index (κ3) is 5.06. The SMILES string of the molecule is CCCOC(=O)N1C[C@H](F)[C@H](NC(=O)c2cc(-c3cc(C(F)(F)F)c4c(N)ncnn34)cnc2OC)C1. The van der Waals surface area contributed by atoms with Crippen molar-refractivity contribution in [2.24, 2.45) is 0 Å². The number of hydrogen-bond donors (Lipinski definition) is 2. The summed E-state index contributed by atoms with van der Waals surface area (Å²) in [4.78, 5) is 33.9. The van der Waals surface area contributed by atoms with Crippen LogP contribution in [0.4, 0.5) is 28.2 Å². The number of carbonyl (C=O) groups excluding carboxylic acids is 2. The monoisotopic (exact) mass is 525 g/mol. The van der Waals surface area contributed by atoms with Gasteiger partial charge in [-0.25, -0.2) is 23.7 Å². The molecule has 0 spiro atoms. The number of alkyl halides is 4. The molecule has 11 nitrogen and oxygen atoms in total. The van der Waals surface area contributed by atoms with Gasteiger partial charge in [-0.1, -0.05) is 6.92 Å². The van der Waals surface area contributed by atoms with Gasteiger partial charge in [0.1, 0.15) is 23.6 Å². The first-order chi connectivity index (χ1) is 17.5. The van der Waals surface area contributed by atoms with Gasteiger partial charge in [-0.05, 0) is 18.6 Å². The van der Waals surface area contributed by atoms with Crippen molar-refractivity contribution in [3.8, 4) is 17.1 Å². The van der Waals surface area contributed by atoms with E-state index in [1.807, 2.05) is 6.92 Å². The highest BCUT2D eigenvalue weighted by molar-refractivity contribution is 5.98. The number of nitrogens with zero attached hydrogens (tertiary/aromatic N) is 5. The number of ether oxygens (including phenoxy) is 2. The zero-order valence-corrected chi connectivity index (χ0v) is 19.8. The second-order valence-corrected chi connectivity index (χ2v) is 8.24. The molecule has 0 bridgehead atoms. The first-order valence-electron chi connectivity index (χ1n) is 11.2. The zero-order valence-electron chi connectivity index (χ0n) is 19.8. The molecule has 1 fully saturated rings. The summed E-state index contributed by atoms with van der Waals surface area (Å²) >= 11 is 0. The number of nitrogens with one attached hydrogen (secondary N) is 1. The summed E-state index contributed by atoms with van der Waals surface area (Å²) < 4.78 is 66.7. The van der Waals surface area contributed by atoms with E-state index in [4.69, 9.17) is 15.2 Å². The predicted octanol–water partition coefficient (Wildman–Crippen LogP) is 2.70. The number of pyridine rings is 1. The highest BCUT2D eigenvalue weighted by atomic mass is 19.4. The Morgan fingerprint density at radius 1 is 1.24 bits per heavy atom. The minimum Gasteiger partial charge on any atom is -0.480 e. The quantitative estimate of drug-likeness (QED) is 0.469. The smallest absolute Gasteiger partial charge is 0.418 e. The number of hydrogen-bond acceptors (Lipinski definition) is 8. The Bertz CT molecular complexity index is 1330. The van der Waals surface area contributed by atoms with Crippen molar-refractivity contribution in [1.29, 1.82) is 0 Å². The predicted molar refractivity (Wildman–Crippen MR) is 122 cm³/mol. The molecule has 0 unspecified atom stereocenters. The lowest BCUT2D eigenvalue weighted by Crippen LogP contribution is -2.42. The van der Waals surface area contributed by atoms with E-state index in [9.17, 15) is 27.2 Å². The van der Waals surface area contributed by atoms with E-state index in [2.05, 4.69) is 20.4 Å². The number of nitrogen functional groups attached to an aromatic ring is 1. The number of anilines is 1. The average Bonchev–Trinajstić information content (AvgIpc) is 3.44. The van der Waals surface area contributed by atoms with Crippen molar-refractivity contribution in [3.63, 3.8) is 0 Å². The van der Waals surface area contributed by atoms with E-state index in [1.165, 1.54) is 19.4 Å². The summed E-state index contributed by atoms with van der Waals surface area (Å²) in [5, 5.41) is 6.38. The molecule has 2 atom stereocenters. The molecule has 15 heteroatoms. The number of nitrogens with two attached hydrogens (primary N) is 1. The fraction of sp³-hybridized carbons (Fsp3) is 0.409. The number of carbonyl (C=O) groups is 2. The molecular formula is C22H23F4N7O4. The molecule has 3 N–H and O–H groups in total. The molecule has 1 aliphatic heterocycles. The van der Waals surface area contributed by atoms with E-state index in [1.54, 1.807) is 0 Å². The lowest BCUT2D eigenvalue weighted by atomic mass is 10.1. The molecule has 37 heavy (non-hydrogen) atoms. The van der Waals surface area contributed by atoms with Crippen LogP contribution in [0.2, 0.25) is 0 Å². The van der Waals surface area contributed by atoms with Gasteiger partial charge >= 0.3 is 12.3 Å². The standard InChI is InChI=1S/C22H23F4N7O4/c1-3-4-37-21(35)32-8-14(23)15(9-32)31-19(34)12-5-11(7-28-20(12)36-2)16-6-13(22(24,25)26)17-18(27)29-10-30-33(16)17/h5-7,10,14-15H,3-4,8-9H2,1-2H3,(H,31,34)(H2,27,29,30)/t14-,15+/m0/s1. The fourth-order valence-corrected chi connectivity index (χ4v) is 3.98. The Kier molecular flexibility index (Phi) is 7.05. The molecule has 3 aromatic rings. The summed E-state index contributed by atoms with van der Waals surface area (Å²) in [6.45, 7) is 1.61. The van der Waals surface area contributed by atoms with E-state index in [0.29, 0.717) is 6.42 Å². The van der Waals surface area contributed by atoms with Gasteiger partial charge in [0, 0.05) is 18.3 Å². The van der Waals surface area contributed by atoms with Crippen molar-refractivity contribution < 1.29 is 36.6 Å². The third-order valence-electron chi connectivity index (χ3n) is 5.73. The van der Waals surface area contributed by atoms with Crippen LogP contribution in [0.1, 0.15) is 29.3 Å². The average molecular weight is 525 g/mol. The van der Waals surface area contributed by atoms with Crippen LogP contribution in [-0.2, 0) is 10.9 Å². The van der Waals surface area contributed by atoms with Crippen LogP contribution in [0.3, 0.4) is 0 Å². The summed E-state index contributed by atoms with van der Waals surface area (Å²) in [6, 6.07) is 1.02. The Labute approximate surface area is 207 Å². The van der Waals surface area contributed by atoms with Gasteiger partial charge in [0.05, 0.1) is 37.6 Å². The number of halogens is 4. The number of amides is 2. The van der Waals surface area contributed by atoms with Crippen molar-refractivity contribution in [2.75, 3.05) is 32.5 Å². The molecule has 198 valence electrons. The Morgan fingerprint density at radius 2 is 2.00 bits per heavy atom. The van der Waals surface area contributed by atoms with Crippen LogP contribution >= 0.6 is 0 Å². The number of methoxy groups -OCH3 is 1. The molecule has 3 aromatic heterocycles. The van der Waals surface area contributed by atoms with Crippen LogP contribution in [0.15, 0.2) is 24.7 Å². The maximum Gasteiger partial charge on any atom is 0.418 e. The largest absolute Gasteiger partial charge is 0.480 e. The molecule has 1 aliphatic rings. The van der Waals surface area contributed by atoms with Gasteiger partial charge < -0.3 is 25.4 Å². The second kappa shape index (κ2) is 10.1. The second-order valence-electron chi connectivity index (χ2n) is 8.24. The van der Waals surface area contributed by atoms with Gasteiger partial charge in [-0.15, -0.1) is 0 Å². The van der Waals surface area contributed by atoms with Gasteiger partial charge in [0.15, 0.2) is 5.82 Å². The maximum atomic E-state index is 14.6. The van der Waals surface area contributed by atoms with Gasteiger partial charge in [-0.2, -0.15) is 18.3 Å². The third-order valence-corrected chi connectivity index (χ3v) is 5.73. The van der Waals surface area contributed by atoms with Crippen molar-refractivity contribution in [3.05, 3.63) is 35.8 Å². The number of rotatable bonds is 6. The molecule has 4 rings (SSSR count). The summed E-state index contributed by atoms with van der Waals surface area (Å²) in [5.41, 5.74) is 4.03. The topological polar surface area (TPSA) is 137 Å². The number of fused-ring (bicyclic) bond motifs is 1. The van der Waals surface area contributed by atoms with Crippen LogP contribution in [0.5, 0.6) is 5.88 Å². The summed E-state index contributed by atoms with van der Waals surface area (Å²) in [6.07, 6.45) is -4.22. The van der Waals surface area contributed by atoms with Crippen molar-refractivity contribution >= 4 is 23.3 Å². The van der Waals surface area contributed by atoms with E-state index in [0.717, 1.165) is 21.8 Å². The normalized spacial score (nSPS) is 17.7. The highest BCUT2D eigenvalue weighted by Gasteiger charge is 2.38. The number of aromatic nitrogens is 4. The number of likely N-dealkylation sites (tertiary alicyclic amines) is 1. The van der Waals surface area contributed by atoms with E-state index < -0.39 is 41.5 Å². The lowest BCUT2D eigenvalue weighted by Gasteiger charge is -2.17. The van der Waals surface area contributed by atoms with Crippen LogP contribution < -0.4 is 15.8 Å². The van der Waals surface area contributed by atoms with Crippen LogP contribution in [0, 0.1) is 0 Å². The van der Waals surface area contributed by atoms with Crippen LogP contribution in [0.25, 0.3) is 16.8 Å². The summed E-state index contributed by atoms with van der Waals surface area (Å²) in [5.74, 6) is -1.32. The molecule has 1 saturated heterocycles. The van der Waals surface area contributed by atoms with E-state index in [-0.39, 0.29) is 48.2 Å². The highest BCUT2D eigenvalue weighted by Crippen LogP contribution is 2.39. The van der Waals surface area contributed by atoms with Crippen molar-refractivity contribution in [2.45, 2.75) is 31.7 Å². The van der Waals surface area contributed by atoms with E-state index >= 15 is 0 Å². The first kappa shape index (κ1) is 25.9. The Morgan fingerprint density at radius 3 is 2.68 bits per heavy atom. The zero-order chi connectivity index (χ0) is 26.9. The molecule has 0 aromatic carbocycles. The van der Waals surface area contributed by atoms with Gasteiger partial charge in [-0.3, -0.25) is 4.79 Å². The molecule has 4 heterocycles. The lowest BCUT2D eigenvalue weighted by molar-refractivity contribution is -0.136. The first-order valence-corrected chi connectivity index (χ1v) is 11.2.